The summed E-state index contributed by atoms with van der Waals surface area (Å²) in [6.07, 6.45) is 0. The number of nitrogens with zero attached hydrogens (tertiary/aromatic N) is 2. The number of rotatable bonds is 3. The summed E-state index contributed by atoms with van der Waals surface area (Å²) in [5, 5.41) is 0. The number of para-hydroxylation sites is 2. The third-order valence-electron chi connectivity index (χ3n) is 6.08. The second kappa shape index (κ2) is 8.30. The molecule has 7 rings (SSSR count). The number of thioether (sulfide) groups is 1. The van der Waals surface area contributed by atoms with Crippen molar-refractivity contribution in [1.29, 1.82) is 0 Å². The Morgan fingerprint density at radius 3 is 2.11 bits per heavy atom. The van der Waals surface area contributed by atoms with Gasteiger partial charge in [-0.25, -0.2) is 4.98 Å². The summed E-state index contributed by atoms with van der Waals surface area (Å²) < 4.78 is 86.5. The predicted octanol–water partition coefficient (Wildman–Crippen LogP) is 8.63. The van der Waals surface area contributed by atoms with Gasteiger partial charge in [-0.1, -0.05) is 96.8 Å². The molecule has 0 amide bonds. The van der Waals surface area contributed by atoms with E-state index in [4.69, 9.17) is 18.7 Å². The third kappa shape index (κ3) is 3.39. The summed E-state index contributed by atoms with van der Waals surface area (Å²) in [7, 11) is 0. The van der Waals surface area contributed by atoms with Crippen LogP contribution in [0.1, 0.15) is 19.5 Å². The molecule has 3 heteroatoms. The minimum Gasteiger partial charge on any atom is -0.294 e. The van der Waals surface area contributed by atoms with E-state index < -0.39 is 60.4 Å². The molecule has 0 atom stereocenters. The second-order valence-corrected chi connectivity index (χ2v) is 9.07. The zero-order chi connectivity index (χ0) is 31.9. The number of hydrogen-bond acceptors (Lipinski definition) is 2. The molecular weight excluding hydrogens is 444 g/mol. The first kappa shape index (κ1) is 12.6. The Balaban J connectivity index is 1.57. The molecule has 0 fully saturated rings. The van der Waals surface area contributed by atoms with Crippen molar-refractivity contribution in [1.82, 2.24) is 9.55 Å². The Morgan fingerprint density at radius 2 is 1.40 bits per heavy atom. The standard InChI is InChI=1S/C32H22N2S/c1-3-10-22(11-4-1)25-14-9-15-26(23-12-5-2-6-13-23)32(25)24-18-19-29-30(20-24)35-21-31-33-27-16-7-8-17-28(27)34(29)31/h1-20H,21H2/i1D,2D,3D,4D,5D,6D,10D,11D,12D,13D. The van der Waals surface area contributed by atoms with E-state index in [0.29, 0.717) is 16.9 Å². The number of aromatic nitrogens is 2. The minimum atomic E-state index is -0.523. The zero-order valence-corrected chi connectivity index (χ0v) is 19.1. The van der Waals surface area contributed by atoms with E-state index in [1.54, 1.807) is 30.0 Å². The fourth-order valence-corrected chi connectivity index (χ4v) is 5.60. The molecule has 0 radical (unpaired) electrons. The van der Waals surface area contributed by atoms with E-state index in [1.807, 2.05) is 42.5 Å². The van der Waals surface area contributed by atoms with Crippen molar-refractivity contribution in [2.24, 2.45) is 0 Å². The van der Waals surface area contributed by atoms with Crippen LogP contribution < -0.4 is 0 Å². The quantitative estimate of drug-likeness (QED) is 0.254. The van der Waals surface area contributed by atoms with E-state index in [2.05, 4.69) is 4.57 Å². The molecular formula is C32H22N2S. The third-order valence-corrected chi connectivity index (χ3v) is 7.12. The molecule has 1 aliphatic heterocycles. The first-order valence-electron chi connectivity index (χ1n) is 16.0. The molecule has 0 aliphatic carbocycles. The van der Waals surface area contributed by atoms with E-state index in [-0.39, 0.29) is 22.3 Å². The zero-order valence-electron chi connectivity index (χ0n) is 28.3. The van der Waals surface area contributed by atoms with Gasteiger partial charge < -0.3 is 0 Å². The van der Waals surface area contributed by atoms with Crippen LogP contribution in [-0.4, -0.2) is 9.55 Å². The lowest BCUT2D eigenvalue weighted by Crippen LogP contribution is -2.06. The summed E-state index contributed by atoms with van der Waals surface area (Å²) in [4.78, 5) is 5.69. The van der Waals surface area contributed by atoms with Gasteiger partial charge in [0.05, 0.1) is 36.2 Å². The molecule has 35 heavy (non-hydrogen) atoms. The van der Waals surface area contributed by atoms with Crippen LogP contribution in [0, 0.1) is 0 Å². The summed E-state index contributed by atoms with van der Waals surface area (Å²) in [6, 6.07) is 13.8. The first-order chi connectivity index (χ1) is 21.5. The van der Waals surface area contributed by atoms with Crippen molar-refractivity contribution in [2.45, 2.75) is 10.6 Å². The van der Waals surface area contributed by atoms with Crippen molar-refractivity contribution >= 4 is 22.8 Å². The Kier molecular flexibility index (Phi) is 2.98. The average molecular weight is 477 g/mol. The molecule has 1 aromatic heterocycles. The maximum absolute atomic E-state index is 8.73. The van der Waals surface area contributed by atoms with Crippen LogP contribution in [0.3, 0.4) is 0 Å². The number of imidazole rings is 1. The van der Waals surface area contributed by atoms with E-state index in [0.717, 1.165) is 27.4 Å². The van der Waals surface area contributed by atoms with Gasteiger partial charge in [0.15, 0.2) is 0 Å². The van der Waals surface area contributed by atoms with Crippen molar-refractivity contribution in [3.8, 4) is 39.1 Å². The second-order valence-electron chi connectivity index (χ2n) is 8.05. The lowest BCUT2D eigenvalue weighted by Gasteiger charge is -2.22. The number of hydrogen-bond donors (Lipinski definition) is 0. The fourth-order valence-electron chi connectivity index (χ4n) is 4.60. The largest absolute Gasteiger partial charge is 0.294 e. The van der Waals surface area contributed by atoms with Crippen molar-refractivity contribution in [3.63, 3.8) is 0 Å². The Bertz CT molecular complexity index is 2100. The topological polar surface area (TPSA) is 17.8 Å². The van der Waals surface area contributed by atoms with Gasteiger partial charge in [-0.2, -0.15) is 0 Å². The van der Waals surface area contributed by atoms with Crippen LogP contribution in [0.5, 0.6) is 0 Å². The SMILES string of the molecule is [2H]c1c([2H])c([2H])c(-c2cccc(-c3c([2H])c([2H])c([2H])c([2H])c3[2H])c2-c2ccc3c(c2)SCc2nc4ccccc4n2-3)c([2H])c1[2H]. The van der Waals surface area contributed by atoms with E-state index in [9.17, 15) is 0 Å². The molecule has 0 saturated heterocycles. The Labute approximate surface area is 223 Å². The smallest absolute Gasteiger partial charge is 0.124 e. The molecule has 0 spiro atoms. The molecule has 0 bridgehead atoms. The van der Waals surface area contributed by atoms with Gasteiger partial charge in [-0.15, -0.1) is 11.8 Å². The van der Waals surface area contributed by atoms with Crippen molar-refractivity contribution in [2.75, 3.05) is 0 Å². The summed E-state index contributed by atoms with van der Waals surface area (Å²) in [5.74, 6) is 1.51. The van der Waals surface area contributed by atoms with E-state index in [1.165, 1.54) is 0 Å². The van der Waals surface area contributed by atoms with Gasteiger partial charge in [0.1, 0.15) is 5.82 Å². The van der Waals surface area contributed by atoms with E-state index >= 15 is 0 Å². The molecule has 2 nitrogen and oxygen atoms in total. The highest BCUT2D eigenvalue weighted by atomic mass is 32.2. The van der Waals surface area contributed by atoms with Gasteiger partial charge in [0.25, 0.3) is 0 Å². The van der Waals surface area contributed by atoms with Crippen LogP contribution in [0.2, 0.25) is 0 Å². The summed E-state index contributed by atoms with van der Waals surface area (Å²) >= 11 is 1.58. The number of fused-ring (bicyclic) bond motifs is 5. The van der Waals surface area contributed by atoms with Crippen LogP contribution in [0.4, 0.5) is 0 Å². The first-order valence-corrected chi connectivity index (χ1v) is 12.0. The van der Waals surface area contributed by atoms with Gasteiger partial charge in [-0.3, -0.25) is 4.57 Å². The highest BCUT2D eigenvalue weighted by Gasteiger charge is 2.22. The van der Waals surface area contributed by atoms with Gasteiger partial charge in [0.2, 0.25) is 0 Å². The minimum absolute atomic E-state index is 0.0431. The van der Waals surface area contributed by atoms with Crippen LogP contribution in [0.25, 0.3) is 50.1 Å². The van der Waals surface area contributed by atoms with Crippen LogP contribution >= 0.6 is 11.8 Å². The molecule has 0 unspecified atom stereocenters. The Morgan fingerprint density at radius 1 is 0.714 bits per heavy atom. The normalized spacial score (nSPS) is 16.3. The highest BCUT2D eigenvalue weighted by molar-refractivity contribution is 7.98. The molecule has 166 valence electrons. The van der Waals surface area contributed by atoms with Crippen LogP contribution in [-0.2, 0) is 5.75 Å². The lowest BCUT2D eigenvalue weighted by atomic mass is 9.87. The Hall–Kier alpha value is -4.08. The molecule has 0 N–H and O–H groups in total. The molecule has 1 aliphatic rings. The molecule has 0 saturated carbocycles. The fraction of sp³-hybridized carbons (Fsp3) is 0.0312. The van der Waals surface area contributed by atoms with Gasteiger partial charge >= 0.3 is 0 Å². The van der Waals surface area contributed by atoms with Gasteiger partial charge in [-0.05, 0) is 57.6 Å². The highest BCUT2D eigenvalue weighted by Crippen LogP contribution is 2.44. The maximum Gasteiger partial charge on any atom is 0.124 e. The van der Waals surface area contributed by atoms with Crippen molar-refractivity contribution in [3.05, 3.63) is 127 Å². The monoisotopic (exact) mass is 476 g/mol. The van der Waals surface area contributed by atoms with Gasteiger partial charge in [0, 0.05) is 4.90 Å². The molecule has 5 aromatic carbocycles. The average Bonchev–Trinajstić information content (AvgIpc) is 3.44. The van der Waals surface area contributed by atoms with Crippen molar-refractivity contribution < 1.29 is 13.7 Å². The lowest BCUT2D eigenvalue weighted by molar-refractivity contribution is 0.945. The maximum atomic E-state index is 8.73. The predicted molar refractivity (Wildman–Crippen MR) is 147 cm³/mol. The molecule has 6 aromatic rings. The van der Waals surface area contributed by atoms with Crippen LogP contribution in [0.15, 0.2) is 126 Å². The summed E-state index contributed by atoms with van der Waals surface area (Å²) in [6.45, 7) is 0. The summed E-state index contributed by atoms with van der Waals surface area (Å²) in [5.41, 5.74) is 4.20. The number of benzene rings is 5. The molecule has 2 heterocycles.